The zero-order chi connectivity index (χ0) is 14.8. The highest BCUT2D eigenvalue weighted by molar-refractivity contribution is 5.74. The summed E-state index contributed by atoms with van der Waals surface area (Å²) in [6, 6.07) is 5.45. The van der Waals surface area contributed by atoms with Gasteiger partial charge in [0.2, 0.25) is 0 Å². The molecule has 3 nitrogen and oxygen atoms in total. The first kappa shape index (κ1) is 15.6. The molecule has 0 amide bonds. The molecular formula is C15H21FO3. The second-order valence-electron chi connectivity index (χ2n) is 5.91. The largest absolute Gasteiger partial charge is 0.460 e. The SMILES string of the molecule is CC(C(=O)OC(C)(C)C)C(C)(O)c1ccc(F)cc1. The number of hydrogen-bond acceptors (Lipinski definition) is 3. The van der Waals surface area contributed by atoms with Crippen molar-refractivity contribution in [2.75, 3.05) is 0 Å². The third kappa shape index (κ3) is 4.03. The molecule has 0 spiro atoms. The summed E-state index contributed by atoms with van der Waals surface area (Å²) in [7, 11) is 0. The van der Waals surface area contributed by atoms with Gasteiger partial charge in [0.1, 0.15) is 11.4 Å². The van der Waals surface area contributed by atoms with Gasteiger partial charge in [0.25, 0.3) is 0 Å². The number of carbonyl (C=O) groups excluding carboxylic acids is 1. The number of esters is 1. The molecule has 1 N–H and O–H groups in total. The van der Waals surface area contributed by atoms with Crippen molar-refractivity contribution in [2.45, 2.75) is 45.8 Å². The number of halogens is 1. The molecule has 106 valence electrons. The number of rotatable bonds is 3. The van der Waals surface area contributed by atoms with Crippen LogP contribution in [-0.4, -0.2) is 16.7 Å². The molecule has 0 aliphatic heterocycles. The highest BCUT2D eigenvalue weighted by atomic mass is 19.1. The van der Waals surface area contributed by atoms with E-state index in [-0.39, 0.29) is 5.82 Å². The minimum absolute atomic E-state index is 0.385. The fraction of sp³-hybridized carbons (Fsp3) is 0.533. The number of hydrogen-bond donors (Lipinski definition) is 1. The summed E-state index contributed by atoms with van der Waals surface area (Å²) in [4.78, 5) is 12.0. The molecule has 0 radical (unpaired) electrons. The van der Waals surface area contributed by atoms with E-state index in [2.05, 4.69) is 0 Å². The first-order chi connectivity index (χ1) is 8.54. The van der Waals surface area contributed by atoms with Crippen molar-refractivity contribution < 1.29 is 19.0 Å². The fourth-order valence-electron chi connectivity index (χ4n) is 1.66. The maximum absolute atomic E-state index is 12.9. The van der Waals surface area contributed by atoms with E-state index >= 15 is 0 Å². The van der Waals surface area contributed by atoms with Crippen molar-refractivity contribution in [3.63, 3.8) is 0 Å². The molecule has 0 heterocycles. The van der Waals surface area contributed by atoms with Crippen LogP contribution in [-0.2, 0) is 15.1 Å². The second kappa shape index (κ2) is 5.29. The van der Waals surface area contributed by atoms with E-state index in [0.717, 1.165) is 0 Å². The van der Waals surface area contributed by atoms with Crippen molar-refractivity contribution in [3.8, 4) is 0 Å². The Bertz CT molecular complexity index is 443. The van der Waals surface area contributed by atoms with Crippen LogP contribution in [0.2, 0.25) is 0 Å². The fourth-order valence-corrected chi connectivity index (χ4v) is 1.66. The molecule has 19 heavy (non-hydrogen) atoms. The molecule has 0 fully saturated rings. The van der Waals surface area contributed by atoms with Crippen LogP contribution in [0.5, 0.6) is 0 Å². The summed E-state index contributed by atoms with van der Waals surface area (Å²) in [5.41, 5.74) is -1.53. The Kier molecular flexibility index (Phi) is 4.35. The molecule has 0 aliphatic carbocycles. The van der Waals surface area contributed by atoms with Gasteiger partial charge in [0.15, 0.2) is 0 Å². The van der Waals surface area contributed by atoms with Crippen LogP contribution in [0.1, 0.15) is 40.2 Å². The highest BCUT2D eigenvalue weighted by Gasteiger charge is 2.37. The Hall–Kier alpha value is -1.42. The van der Waals surface area contributed by atoms with Crippen LogP contribution in [0.25, 0.3) is 0 Å². The van der Waals surface area contributed by atoms with Crippen molar-refractivity contribution in [1.82, 2.24) is 0 Å². The lowest BCUT2D eigenvalue weighted by Gasteiger charge is -2.31. The zero-order valence-corrected chi connectivity index (χ0v) is 12.0. The number of carbonyl (C=O) groups is 1. The summed E-state index contributed by atoms with van der Waals surface area (Å²) in [6.45, 7) is 8.42. The van der Waals surface area contributed by atoms with Gasteiger partial charge in [-0.3, -0.25) is 4.79 Å². The van der Waals surface area contributed by atoms with Crippen molar-refractivity contribution in [3.05, 3.63) is 35.6 Å². The highest BCUT2D eigenvalue weighted by Crippen LogP contribution is 2.31. The van der Waals surface area contributed by atoms with E-state index in [1.807, 2.05) is 0 Å². The lowest BCUT2D eigenvalue weighted by Crippen LogP contribution is -2.39. The van der Waals surface area contributed by atoms with Crippen LogP contribution in [0.15, 0.2) is 24.3 Å². The molecule has 1 aromatic rings. The minimum atomic E-state index is -1.41. The lowest BCUT2D eigenvalue weighted by molar-refractivity contribution is -0.168. The smallest absolute Gasteiger partial charge is 0.312 e. The number of aliphatic hydroxyl groups is 1. The molecule has 0 saturated heterocycles. The average Bonchev–Trinajstić information content (AvgIpc) is 2.26. The summed E-state index contributed by atoms with van der Waals surface area (Å²) in [5.74, 6) is -1.62. The standard InChI is InChI=1S/C15H21FO3/c1-10(13(17)19-14(2,3)4)15(5,18)11-6-8-12(16)9-7-11/h6-10,18H,1-5H3. The van der Waals surface area contributed by atoms with Gasteiger partial charge in [-0.25, -0.2) is 4.39 Å². The molecule has 1 rings (SSSR count). The normalized spacial score (nSPS) is 16.6. The Labute approximate surface area is 113 Å². The Balaban J connectivity index is 2.93. The van der Waals surface area contributed by atoms with Crippen molar-refractivity contribution >= 4 is 5.97 Å². The third-order valence-electron chi connectivity index (χ3n) is 3.03. The van der Waals surface area contributed by atoms with Crippen LogP contribution >= 0.6 is 0 Å². The van der Waals surface area contributed by atoms with Crippen LogP contribution in [0, 0.1) is 11.7 Å². The maximum Gasteiger partial charge on any atom is 0.312 e. The van der Waals surface area contributed by atoms with Crippen molar-refractivity contribution in [2.24, 2.45) is 5.92 Å². The van der Waals surface area contributed by atoms with Crippen LogP contribution in [0.4, 0.5) is 4.39 Å². The van der Waals surface area contributed by atoms with Gasteiger partial charge in [-0.15, -0.1) is 0 Å². The molecule has 2 atom stereocenters. The first-order valence-electron chi connectivity index (χ1n) is 6.25. The predicted molar refractivity (Wildman–Crippen MR) is 71.0 cm³/mol. The van der Waals surface area contributed by atoms with E-state index in [4.69, 9.17) is 4.74 Å². The summed E-state index contributed by atoms with van der Waals surface area (Å²) < 4.78 is 18.1. The Morgan fingerprint density at radius 2 is 1.68 bits per heavy atom. The van der Waals surface area contributed by atoms with Gasteiger partial charge < -0.3 is 9.84 Å². The zero-order valence-electron chi connectivity index (χ0n) is 12.0. The molecule has 4 heteroatoms. The second-order valence-corrected chi connectivity index (χ2v) is 5.91. The topological polar surface area (TPSA) is 46.5 Å². The van der Waals surface area contributed by atoms with Crippen LogP contribution < -0.4 is 0 Å². The quantitative estimate of drug-likeness (QED) is 0.857. The van der Waals surface area contributed by atoms with E-state index in [0.29, 0.717) is 5.56 Å². The van der Waals surface area contributed by atoms with Gasteiger partial charge in [-0.1, -0.05) is 12.1 Å². The van der Waals surface area contributed by atoms with Gasteiger partial charge in [0.05, 0.1) is 11.5 Å². The summed E-state index contributed by atoms with van der Waals surface area (Å²) >= 11 is 0. The van der Waals surface area contributed by atoms with Gasteiger partial charge in [-0.2, -0.15) is 0 Å². The summed E-state index contributed by atoms with van der Waals surface area (Å²) in [6.07, 6.45) is 0. The van der Waals surface area contributed by atoms with E-state index in [9.17, 15) is 14.3 Å². The Morgan fingerprint density at radius 3 is 2.11 bits per heavy atom. The maximum atomic E-state index is 12.9. The van der Waals surface area contributed by atoms with E-state index in [1.54, 1.807) is 27.7 Å². The minimum Gasteiger partial charge on any atom is -0.460 e. The molecule has 0 aliphatic rings. The number of benzene rings is 1. The van der Waals surface area contributed by atoms with E-state index in [1.165, 1.54) is 31.2 Å². The molecule has 1 aromatic carbocycles. The third-order valence-corrected chi connectivity index (χ3v) is 3.03. The first-order valence-corrected chi connectivity index (χ1v) is 6.25. The van der Waals surface area contributed by atoms with Gasteiger partial charge in [-0.05, 0) is 52.3 Å². The molecule has 0 saturated carbocycles. The average molecular weight is 268 g/mol. The molecule has 0 bridgehead atoms. The van der Waals surface area contributed by atoms with Crippen molar-refractivity contribution in [1.29, 1.82) is 0 Å². The summed E-state index contributed by atoms with van der Waals surface area (Å²) in [5, 5.41) is 10.5. The number of ether oxygens (including phenoxy) is 1. The molecule has 2 unspecified atom stereocenters. The molecule has 0 aromatic heterocycles. The predicted octanol–water partition coefficient (Wildman–Crippen LogP) is 3.01. The van der Waals surface area contributed by atoms with E-state index < -0.39 is 23.1 Å². The Morgan fingerprint density at radius 1 is 1.21 bits per heavy atom. The van der Waals surface area contributed by atoms with Gasteiger partial charge in [0, 0.05) is 0 Å². The van der Waals surface area contributed by atoms with Gasteiger partial charge >= 0.3 is 5.97 Å². The lowest BCUT2D eigenvalue weighted by atomic mass is 9.84. The monoisotopic (exact) mass is 268 g/mol. The molecular weight excluding hydrogens is 247 g/mol. The van der Waals surface area contributed by atoms with Crippen LogP contribution in [0.3, 0.4) is 0 Å².